The summed E-state index contributed by atoms with van der Waals surface area (Å²) in [6, 6.07) is 0. The minimum Gasteiger partial charge on any atom is -0.358 e. The van der Waals surface area contributed by atoms with Crippen molar-refractivity contribution in [3.63, 3.8) is 0 Å². The third-order valence-electron chi connectivity index (χ3n) is 3.83. The summed E-state index contributed by atoms with van der Waals surface area (Å²) in [6.07, 6.45) is 8.21. The van der Waals surface area contributed by atoms with Crippen LogP contribution in [0.3, 0.4) is 0 Å². The standard InChI is InChI=1S/C14H27BN2/c1-6-17-15-13(16-5)14(3,4)12-9-7-8-11(2)10-12/h7,9-11,13,15-17H,6,8H2,1-5H3. The van der Waals surface area contributed by atoms with E-state index in [9.17, 15) is 0 Å². The van der Waals surface area contributed by atoms with Crippen molar-refractivity contribution >= 4 is 7.41 Å². The van der Waals surface area contributed by atoms with Crippen LogP contribution in [0.15, 0.2) is 23.8 Å². The fraction of sp³-hybridized carbons (Fsp3) is 0.714. The molecule has 0 fully saturated rings. The van der Waals surface area contributed by atoms with E-state index in [1.165, 1.54) is 12.0 Å². The number of hydrogen-bond donors (Lipinski definition) is 2. The second-order valence-electron chi connectivity index (χ2n) is 5.61. The Kier molecular flexibility index (Phi) is 5.48. The van der Waals surface area contributed by atoms with E-state index in [1.807, 2.05) is 0 Å². The van der Waals surface area contributed by atoms with Crippen molar-refractivity contribution in [2.24, 2.45) is 11.3 Å². The molecule has 0 heterocycles. The second-order valence-corrected chi connectivity index (χ2v) is 5.61. The zero-order chi connectivity index (χ0) is 12.9. The molecule has 2 N–H and O–H groups in total. The van der Waals surface area contributed by atoms with Crippen LogP contribution >= 0.6 is 0 Å². The van der Waals surface area contributed by atoms with Crippen LogP contribution in [0.25, 0.3) is 0 Å². The first-order valence-electron chi connectivity index (χ1n) is 6.79. The normalized spacial score (nSPS) is 22.2. The second kappa shape index (κ2) is 6.41. The van der Waals surface area contributed by atoms with Gasteiger partial charge in [0.1, 0.15) is 0 Å². The summed E-state index contributed by atoms with van der Waals surface area (Å²) in [5, 5.41) is 6.89. The molecule has 0 saturated heterocycles. The molecule has 0 aliphatic heterocycles. The van der Waals surface area contributed by atoms with Gasteiger partial charge in [0.05, 0.1) is 0 Å². The lowest BCUT2D eigenvalue weighted by Crippen LogP contribution is -2.50. The molecule has 0 aromatic heterocycles. The monoisotopic (exact) mass is 234 g/mol. The summed E-state index contributed by atoms with van der Waals surface area (Å²) in [6.45, 7) is 10.1. The first kappa shape index (κ1) is 14.5. The van der Waals surface area contributed by atoms with E-state index in [1.54, 1.807) is 0 Å². The molecule has 17 heavy (non-hydrogen) atoms. The summed E-state index contributed by atoms with van der Waals surface area (Å²) in [5.41, 5.74) is 1.63. The van der Waals surface area contributed by atoms with Gasteiger partial charge in [-0.2, -0.15) is 0 Å². The van der Waals surface area contributed by atoms with Crippen molar-refractivity contribution in [1.29, 1.82) is 0 Å². The largest absolute Gasteiger partial charge is 0.358 e. The Labute approximate surface area is 107 Å². The highest BCUT2D eigenvalue weighted by atomic mass is 14.9. The molecule has 0 radical (unpaired) electrons. The average Bonchev–Trinajstić information content (AvgIpc) is 2.30. The van der Waals surface area contributed by atoms with Gasteiger partial charge in [0.2, 0.25) is 7.41 Å². The molecule has 0 saturated carbocycles. The number of allylic oxidation sites excluding steroid dienone is 3. The van der Waals surface area contributed by atoms with E-state index in [4.69, 9.17) is 0 Å². The predicted octanol–water partition coefficient (Wildman–Crippen LogP) is 2.04. The van der Waals surface area contributed by atoms with Gasteiger partial charge in [-0.05, 0) is 36.9 Å². The van der Waals surface area contributed by atoms with Crippen molar-refractivity contribution in [2.45, 2.75) is 40.1 Å². The Morgan fingerprint density at radius 2 is 2.24 bits per heavy atom. The highest BCUT2D eigenvalue weighted by Gasteiger charge is 2.32. The summed E-state index contributed by atoms with van der Waals surface area (Å²) >= 11 is 0. The van der Waals surface area contributed by atoms with E-state index in [-0.39, 0.29) is 5.41 Å². The molecule has 1 aliphatic rings. The maximum atomic E-state index is 3.45. The Morgan fingerprint density at radius 1 is 1.53 bits per heavy atom. The van der Waals surface area contributed by atoms with Gasteiger partial charge in [0.25, 0.3) is 0 Å². The summed E-state index contributed by atoms with van der Waals surface area (Å²) in [7, 11) is 3.07. The molecule has 0 aromatic carbocycles. The van der Waals surface area contributed by atoms with E-state index in [0.717, 1.165) is 14.0 Å². The zero-order valence-corrected chi connectivity index (χ0v) is 12.0. The molecule has 1 aliphatic carbocycles. The number of hydrogen-bond acceptors (Lipinski definition) is 2. The van der Waals surface area contributed by atoms with Crippen LogP contribution in [-0.4, -0.2) is 26.9 Å². The van der Waals surface area contributed by atoms with Crippen LogP contribution in [0.5, 0.6) is 0 Å². The van der Waals surface area contributed by atoms with Gasteiger partial charge in [-0.1, -0.05) is 45.9 Å². The fourth-order valence-electron chi connectivity index (χ4n) is 2.48. The SMILES string of the molecule is CCNBC(NC)C(C)(C)C1=CC(C)CC=C1. The quantitative estimate of drug-likeness (QED) is 0.687. The molecule has 3 heteroatoms. The van der Waals surface area contributed by atoms with Crippen molar-refractivity contribution in [3.8, 4) is 0 Å². The third-order valence-corrected chi connectivity index (χ3v) is 3.83. The summed E-state index contributed by atoms with van der Waals surface area (Å²) in [5.74, 6) is 1.13. The fourth-order valence-corrected chi connectivity index (χ4v) is 2.48. The minimum absolute atomic E-state index is 0.169. The van der Waals surface area contributed by atoms with E-state index >= 15 is 0 Å². The molecule has 2 nitrogen and oxygen atoms in total. The van der Waals surface area contributed by atoms with Gasteiger partial charge in [-0.15, -0.1) is 0 Å². The number of rotatable bonds is 6. The summed E-state index contributed by atoms with van der Waals surface area (Å²) in [4.78, 5) is 0. The average molecular weight is 234 g/mol. The van der Waals surface area contributed by atoms with Crippen LogP contribution in [0.2, 0.25) is 0 Å². The van der Waals surface area contributed by atoms with Crippen molar-refractivity contribution in [2.75, 3.05) is 13.6 Å². The minimum atomic E-state index is 0.169. The molecule has 2 unspecified atom stereocenters. The molecule has 0 bridgehead atoms. The smallest absolute Gasteiger partial charge is 0.220 e. The highest BCUT2D eigenvalue weighted by Crippen LogP contribution is 2.34. The van der Waals surface area contributed by atoms with Crippen molar-refractivity contribution < 1.29 is 0 Å². The maximum absolute atomic E-state index is 3.45. The molecule has 0 amide bonds. The molecule has 96 valence electrons. The Balaban J connectivity index is 2.80. The highest BCUT2D eigenvalue weighted by molar-refractivity contribution is 6.35. The van der Waals surface area contributed by atoms with Crippen LogP contribution < -0.4 is 10.5 Å². The van der Waals surface area contributed by atoms with E-state index in [0.29, 0.717) is 11.9 Å². The molecule has 0 aromatic rings. The predicted molar refractivity (Wildman–Crippen MR) is 78.5 cm³/mol. The topological polar surface area (TPSA) is 24.1 Å². The van der Waals surface area contributed by atoms with Crippen molar-refractivity contribution in [1.82, 2.24) is 10.5 Å². The summed E-state index contributed by atoms with van der Waals surface area (Å²) < 4.78 is 0. The Morgan fingerprint density at radius 3 is 2.76 bits per heavy atom. The molecule has 0 spiro atoms. The van der Waals surface area contributed by atoms with Gasteiger partial charge in [-0.3, -0.25) is 0 Å². The molecular weight excluding hydrogens is 207 g/mol. The van der Waals surface area contributed by atoms with Crippen LogP contribution in [0.1, 0.15) is 34.1 Å². The van der Waals surface area contributed by atoms with Gasteiger partial charge in [-0.25, -0.2) is 0 Å². The van der Waals surface area contributed by atoms with E-state index in [2.05, 4.69) is 63.5 Å². The molecular formula is C14H27BN2. The van der Waals surface area contributed by atoms with Crippen LogP contribution in [0.4, 0.5) is 0 Å². The van der Waals surface area contributed by atoms with Gasteiger partial charge < -0.3 is 10.5 Å². The van der Waals surface area contributed by atoms with Crippen molar-refractivity contribution in [3.05, 3.63) is 23.8 Å². The molecule has 2 atom stereocenters. The van der Waals surface area contributed by atoms with Crippen LogP contribution in [-0.2, 0) is 0 Å². The molecule has 1 rings (SSSR count). The lowest BCUT2D eigenvalue weighted by Gasteiger charge is -2.37. The Hall–Kier alpha value is -0.535. The van der Waals surface area contributed by atoms with Gasteiger partial charge >= 0.3 is 0 Å². The third kappa shape index (κ3) is 3.72. The first-order valence-corrected chi connectivity index (χ1v) is 6.79. The first-order chi connectivity index (χ1) is 8.02. The lowest BCUT2D eigenvalue weighted by atomic mass is 9.62. The zero-order valence-electron chi connectivity index (χ0n) is 12.0. The van der Waals surface area contributed by atoms with Gasteiger partial charge in [0.15, 0.2) is 0 Å². The number of nitrogens with one attached hydrogen (secondary N) is 2. The van der Waals surface area contributed by atoms with Crippen LogP contribution in [0, 0.1) is 11.3 Å². The maximum Gasteiger partial charge on any atom is 0.220 e. The Bertz CT molecular complexity index is 295. The van der Waals surface area contributed by atoms with Gasteiger partial charge in [0, 0.05) is 5.94 Å². The van der Waals surface area contributed by atoms with E-state index < -0.39 is 0 Å². The lowest BCUT2D eigenvalue weighted by molar-refractivity contribution is 0.383.